The van der Waals surface area contributed by atoms with E-state index in [4.69, 9.17) is 21.3 Å². The Morgan fingerprint density at radius 2 is 1.76 bits per heavy atom. The van der Waals surface area contributed by atoms with E-state index in [-0.39, 0.29) is 5.82 Å². The number of aliphatic hydroxyl groups excluding tert-OH is 3. The lowest BCUT2D eigenvalue weighted by Gasteiger charge is -2.16. The van der Waals surface area contributed by atoms with E-state index >= 15 is 0 Å². The van der Waals surface area contributed by atoms with Gasteiger partial charge in [0.05, 0.1) is 19.3 Å². The predicted molar refractivity (Wildman–Crippen MR) is 98.8 cm³/mol. The van der Waals surface area contributed by atoms with Crippen molar-refractivity contribution in [3.63, 3.8) is 0 Å². The molecule has 0 saturated carbocycles. The number of hydrogen-bond donors (Lipinski definition) is 6. The number of H-pyrrole nitrogens is 1. The number of nitrogen functional groups attached to an aromatic ring is 2. The first kappa shape index (κ1) is 18.9. The van der Waals surface area contributed by atoms with Gasteiger partial charge in [0.25, 0.3) is 0 Å². The molecule has 5 rings (SSSR count). The van der Waals surface area contributed by atoms with Crippen molar-refractivity contribution in [3.05, 3.63) is 25.3 Å². The molecule has 8 N–H and O–H groups in total. The summed E-state index contributed by atoms with van der Waals surface area (Å²) >= 11 is 0. The third-order valence-electron chi connectivity index (χ3n) is 4.43. The smallest absolute Gasteiger partial charge is 0.182 e. The molecule has 0 aromatic carbocycles. The van der Waals surface area contributed by atoms with Gasteiger partial charge in [-0.2, -0.15) is 0 Å². The molecule has 0 spiro atoms. The first-order valence-corrected chi connectivity index (χ1v) is 8.46. The molecule has 1 saturated heterocycles. The lowest BCUT2D eigenvalue weighted by molar-refractivity contribution is -0.0511. The van der Waals surface area contributed by atoms with Crippen molar-refractivity contribution >= 4 is 34.0 Å². The number of nitrogens with zero attached hydrogens (tertiary/aromatic N) is 7. The fraction of sp³-hybridized carbons (Fsp3) is 0.333. The Bertz CT molecular complexity index is 1130. The molecule has 5 heterocycles. The highest BCUT2D eigenvalue weighted by Gasteiger charge is 2.43. The predicted octanol–water partition coefficient (Wildman–Crippen LogP) is -2.04. The molecule has 4 atom stereocenters. The van der Waals surface area contributed by atoms with E-state index in [1.54, 1.807) is 0 Å². The zero-order valence-electron chi connectivity index (χ0n) is 14.9. The second-order valence-corrected chi connectivity index (χ2v) is 6.17. The topological polar surface area (TPSA) is 220 Å². The maximum absolute atomic E-state index is 9.95. The quantitative estimate of drug-likeness (QED) is 0.213. The first-order valence-electron chi connectivity index (χ1n) is 8.46. The molecule has 0 radical (unpaired) electrons. The highest BCUT2D eigenvalue weighted by Crippen LogP contribution is 2.31. The average Bonchev–Trinajstić information content (AvgIpc) is 3.42. The second kappa shape index (κ2) is 7.51. The molecular formula is C15H18N10O4. The van der Waals surface area contributed by atoms with Crippen LogP contribution in [-0.4, -0.2) is 79.7 Å². The lowest BCUT2D eigenvalue weighted by atomic mass is 10.1. The SMILES string of the molecule is Nc1ncnc2c1ncn2[C@@H]1O[C@H](CO)[C@@H](O)[C@H]1O.Nc1ncnc2nc[nH]c12. The molecule has 14 heteroatoms. The summed E-state index contributed by atoms with van der Waals surface area (Å²) in [5, 5.41) is 28.7. The lowest BCUT2D eigenvalue weighted by Crippen LogP contribution is -2.33. The number of hydrogen-bond acceptors (Lipinski definition) is 12. The van der Waals surface area contributed by atoms with Crippen LogP contribution in [0.5, 0.6) is 0 Å². The third-order valence-corrected chi connectivity index (χ3v) is 4.43. The van der Waals surface area contributed by atoms with Crippen LogP contribution in [-0.2, 0) is 4.74 Å². The number of rotatable bonds is 2. The van der Waals surface area contributed by atoms with Crippen molar-refractivity contribution in [1.82, 2.24) is 39.5 Å². The van der Waals surface area contributed by atoms with Gasteiger partial charge in [-0.05, 0) is 0 Å². The summed E-state index contributed by atoms with van der Waals surface area (Å²) in [6.45, 7) is -0.390. The van der Waals surface area contributed by atoms with Gasteiger partial charge in [0, 0.05) is 0 Å². The van der Waals surface area contributed by atoms with Gasteiger partial charge in [-0.25, -0.2) is 29.9 Å². The van der Waals surface area contributed by atoms with Crippen molar-refractivity contribution in [2.24, 2.45) is 0 Å². The Kier molecular flexibility index (Phi) is 4.89. The molecule has 0 bridgehead atoms. The Balaban J connectivity index is 0.000000171. The van der Waals surface area contributed by atoms with Gasteiger partial charge in [-0.15, -0.1) is 0 Å². The molecule has 29 heavy (non-hydrogen) atoms. The molecule has 0 amide bonds. The van der Waals surface area contributed by atoms with Gasteiger partial charge in [-0.1, -0.05) is 0 Å². The van der Waals surface area contributed by atoms with E-state index in [9.17, 15) is 10.2 Å². The van der Waals surface area contributed by atoms with Crippen LogP contribution in [0.15, 0.2) is 25.3 Å². The standard InChI is InChI=1S/C10H13N5O4.C5H5N5/c11-8-5-9(13-2-12-8)15(3-14-5)10-7(18)6(17)4(1-16)19-10;6-4-3-5(9-1-7-3)10-2-8-4/h2-4,6-7,10,16-18H,1H2,(H2,11,12,13);1-2H,(H3,6,7,8,9,10)/t4-,6-,7-,10-;/m1./s1. The molecule has 4 aromatic heterocycles. The van der Waals surface area contributed by atoms with Crippen molar-refractivity contribution in [2.75, 3.05) is 18.1 Å². The van der Waals surface area contributed by atoms with Crippen LogP contribution in [0.3, 0.4) is 0 Å². The van der Waals surface area contributed by atoms with Gasteiger partial charge in [0.15, 0.2) is 29.2 Å². The highest BCUT2D eigenvalue weighted by atomic mass is 16.6. The maximum Gasteiger partial charge on any atom is 0.182 e. The molecule has 1 aliphatic heterocycles. The fourth-order valence-electron chi connectivity index (χ4n) is 2.95. The number of fused-ring (bicyclic) bond motifs is 2. The van der Waals surface area contributed by atoms with Gasteiger partial charge < -0.3 is 36.5 Å². The summed E-state index contributed by atoms with van der Waals surface area (Å²) in [6.07, 6.45) is 1.50. The summed E-state index contributed by atoms with van der Waals surface area (Å²) in [7, 11) is 0. The van der Waals surface area contributed by atoms with Crippen LogP contribution in [0.4, 0.5) is 11.6 Å². The van der Waals surface area contributed by atoms with E-state index in [0.29, 0.717) is 28.1 Å². The van der Waals surface area contributed by atoms with Crippen molar-refractivity contribution < 1.29 is 20.1 Å². The number of nitrogens with two attached hydrogens (primary N) is 2. The molecule has 14 nitrogen and oxygen atoms in total. The summed E-state index contributed by atoms with van der Waals surface area (Å²) < 4.78 is 6.85. The highest BCUT2D eigenvalue weighted by molar-refractivity contribution is 5.81. The minimum atomic E-state index is -1.19. The Hall–Kier alpha value is -3.46. The van der Waals surface area contributed by atoms with E-state index in [1.807, 2.05) is 0 Å². The summed E-state index contributed by atoms with van der Waals surface area (Å²) in [6, 6.07) is 0. The average molecular weight is 402 g/mol. The Morgan fingerprint density at radius 1 is 1.00 bits per heavy atom. The Morgan fingerprint density at radius 3 is 2.48 bits per heavy atom. The zero-order valence-corrected chi connectivity index (χ0v) is 14.9. The number of ether oxygens (including phenoxy) is 1. The largest absolute Gasteiger partial charge is 0.394 e. The van der Waals surface area contributed by atoms with E-state index < -0.39 is 31.1 Å². The molecule has 0 unspecified atom stereocenters. The molecular weight excluding hydrogens is 384 g/mol. The maximum atomic E-state index is 9.95. The van der Waals surface area contributed by atoms with Crippen molar-refractivity contribution in [2.45, 2.75) is 24.5 Å². The van der Waals surface area contributed by atoms with Crippen LogP contribution >= 0.6 is 0 Å². The number of aromatic nitrogens is 8. The van der Waals surface area contributed by atoms with Gasteiger partial charge in [0.1, 0.15) is 42.0 Å². The van der Waals surface area contributed by atoms with E-state index in [2.05, 4.69) is 34.9 Å². The second-order valence-electron chi connectivity index (χ2n) is 6.17. The molecule has 1 aliphatic rings. The molecule has 0 aliphatic carbocycles. The van der Waals surface area contributed by atoms with Crippen molar-refractivity contribution in [1.29, 1.82) is 0 Å². The monoisotopic (exact) mass is 402 g/mol. The number of anilines is 2. The van der Waals surface area contributed by atoms with Crippen LogP contribution in [0.25, 0.3) is 22.3 Å². The van der Waals surface area contributed by atoms with Crippen LogP contribution < -0.4 is 11.5 Å². The number of aromatic amines is 1. The normalized spacial score (nSPS) is 24.0. The van der Waals surface area contributed by atoms with Gasteiger partial charge in [-0.3, -0.25) is 4.57 Å². The number of aliphatic hydroxyl groups is 3. The van der Waals surface area contributed by atoms with Crippen LogP contribution in [0.2, 0.25) is 0 Å². The fourth-order valence-corrected chi connectivity index (χ4v) is 2.95. The Labute approximate surface area is 162 Å². The van der Waals surface area contributed by atoms with E-state index in [0.717, 1.165) is 0 Å². The molecule has 1 fully saturated rings. The van der Waals surface area contributed by atoms with Gasteiger partial charge >= 0.3 is 0 Å². The van der Waals surface area contributed by atoms with Crippen LogP contribution in [0, 0.1) is 0 Å². The first-order chi connectivity index (χ1) is 14.0. The molecule has 4 aromatic rings. The summed E-state index contributed by atoms with van der Waals surface area (Å²) in [4.78, 5) is 26.3. The summed E-state index contributed by atoms with van der Waals surface area (Å²) in [5.41, 5.74) is 13.2. The third kappa shape index (κ3) is 3.29. The number of imidazole rings is 2. The zero-order chi connectivity index (χ0) is 20.5. The summed E-state index contributed by atoms with van der Waals surface area (Å²) in [5.74, 6) is 0.651. The van der Waals surface area contributed by atoms with Gasteiger partial charge in [0.2, 0.25) is 0 Å². The number of nitrogens with one attached hydrogen (secondary N) is 1. The van der Waals surface area contributed by atoms with Crippen molar-refractivity contribution in [3.8, 4) is 0 Å². The minimum absolute atomic E-state index is 0.218. The van der Waals surface area contributed by atoms with E-state index in [1.165, 1.54) is 29.9 Å². The minimum Gasteiger partial charge on any atom is -0.394 e. The molecule has 152 valence electrons. The van der Waals surface area contributed by atoms with Crippen LogP contribution in [0.1, 0.15) is 6.23 Å².